The van der Waals surface area contributed by atoms with Crippen molar-refractivity contribution in [3.05, 3.63) is 87.0 Å². The largest absolute Gasteiger partial charge is 0.485 e. The average Bonchev–Trinajstić information content (AvgIpc) is 3.16. The molecule has 0 saturated carbocycles. The van der Waals surface area contributed by atoms with E-state index in [9.17, 15) is 9.59 Å². The number of aromatic nitrogens is 4. The summed E-state index contributed by atoms with van der Waals surface area (Å²) in [4.78, 5) is 34.0. The first-order valence-corrected chi connectivity index (χ1v) is 10.9. The lowest BCUT2D eigenvalue weighted by atomic mass is 10.2. The smallest absolute Gasteiger partial charge is 0.274 e. The molecule has 0 bridgehead atoms. The van der Waals surface area contributed by atoms with Gasteiger partial charge in [-0.1, -0.05) is 38.1 Å². The second-order valence-corrected chi connectivity index (χ2v) is 8.53. The van der Waals surface area contributed by atoms with Crippen molar-refractivity contribution >= 4 is 33.3 Å². The summed E-state index contributed by atoms with van der Waals surface area (Å²) in [6.45, 7) is 4.86. The van der Waals surface area contributed by atoms with E-state index in [1.54, 1.807) is 47.4 Å². The summed E-state index contributed by atoms with van der Waals surface area (Å²) >= 11 is 3.39. The number of benzene rings is 2. The zero-order chi connectivity index (χ0) is 22.7. The molecule has 4 aromatic rings. The van der Waals surface area contributed by atoms with Crippen molar-refractivity contribution in [3.63, 3.8) is 0 Å². The highest BCUT2D eigenvalue weighted by atomic mass is 79.9. The van der Waals surface area contributed by atoms with E-state index >= 15 is 0 Å². The zero-order valence-corrected chi connectivity index (χ0v) is 19.2. The predicted molar refractivity (Wildman–Crippen MR) is 125 cm³/mol. The first kappa shape index (κ1) is 21.8. The topological polar surface area (TPSA) is 90.5 Å². The van der Waals surface area contributed by atoms with Crippen molar-refractivity contribution < 1.29 is 9.53 Å². The first-order chi connectivity index (χ1) is 15.4. The number of rotatable bonds is 7. The van der Waals surface area contributed by atoms with Crippen LogP contribution < -0.4 is 15.6 Å². The number of hydrogen-bond donors (Lipinski definition) is 1. The fraction of sp³-hybridized carbons (Fsp3) is 0.217. The summed E-state index contributed by atoms with van der Waals surface area (Å²) in [6.07, 6.45) is 1.61. The minimum Gasteiger partial charge on any atom is -0.485 e. The molecule has 0 aliphatic rings. The number of ether oxygens (including phenoxy) is 1. The SMILES string of the molecule is CC(C)Cn1cnc2nc(COc3ccccc3NC(=O)c3ccccc3Br)cc(=O)n21. The minimum atomic E-state index is -0.262. The van der Waals surface area contributed by atoms with Crippen molar-refractivity contribution in [3.8, 4) is 5.75 Å². The molecule has 2 aromatic heterocycles. The maximum atomic E-state index is 12.7. The lowest BCUT2D eigenvalue weighted by Crippen LogP contribution is -2.23. The van der Waals surface area contributed by atoms with Crippen LogP contribution in [0.5, 0.6) is 5.75 Å². The van der Waals surface area contributed by atoms with E-state index in [-0.39, 0.29) is 18.1 Å². The van der Waals surface area contributed by atoms with Gasteiger partial charge < -0.3 is 10.1 Å². The number of hydrogen-bond acceptors (Lipinski definition) is 5. The van der Waals surface area contributed by atoms with Crippen molar-refractivity contribution in [2.75, 3.05) is 5.32 Å². The molecule has 2 heterocycles. The quantitative estimate of drug-likeness (QED) is 0.416. The lowest BCUT2D eigenvalue weighted by molar-refractivity contribution is 0.102. The van der Waals surface area contributed by atoms with E-state index in [1.807, 2.05) is 12.1 Å². The maximum absolute atomic E-state index is 12.7. The van der Waals surface area contributed by atoms with Gasteiger partial charge in [-0.05, 0) is 46.1 Å². The first-order valence-electron chi connectivity index (χ1n) is 10.1. The van der Waals surface area contributed by atoms with Gasteiger partial charge in [-0.25, -0.2) is 4.98 Å². The molecule has 0 fully saturated rings. The Hall–Kier alpha value is -3.46. The van der Waals surface area contributed by atoms with Crippen LogP contribution in [-0.2, 0) is 13.2 Å². The van der Waals surface area contributed by atoms with Gasteiger partial charge in [0.25, 0.3) is 17.2 Å². The molecule has 0 unspecified atom stereocenters. The van der Waals surface area contributed by atoms with Crippen molar-refractivity contribution in [2.45, 2.75) is 27.0 Å². The Labute approximate surface area is 193 Å². The van der Waals surface area contributed by atoms with Crippen LogP contribution in [0.2, 0.25) is 0 Å². The highest BCUT2D eigenvalue weighted by Gasteiger charge is 2.14. The molecule has 0 saturated heterocycles. The second kappa shape index (κ2) is 9.35. The number of anilines is 1. The predicted octanol–water partition coefficient (Wildman–Crippen LogP) is 4.14. The molecule has 1 N–H and O–H groups in total. The Morgan fingerprint density at radius 3 is 2.69 bits per heavy atom. The number of nitrogens with zero attached hydrogens (tertiary/aromatic N) is 4. The van der Waals surface area contributed by atoms with Gasteiger partial charge in [-0.3, -0.25) is 14.3 Å². The summed E-state index contributed by atoms with van der Waals surface area (Å²) in [5.74, 6) is 0.903. The van der Waals surface area contributed by atoms with E-state index in [2.05, 4.69) is 45.1 Å². The molecule has 8 nitrogen and oxygen atoms in total. The average molecular weight is 496 g/mol. The van der Waals surface area contributed by atoms with Gasteiger partial charge in [-0.15, -0.1) is 0 Å². The van der Waals surface area contributed by atoms with Crippen molar-refractivity contribution in [1.82, 2.24) is 19.2 Å². The van der Waals surface area contributed by atoms with Gasteiger partial charge in [-0.2, -0.15) is 9.50 Å². The lowest BCUT2D eigenvalue weighted by Gasteiger charge is -2.13. The number of halogens is 1. The molecule has 2 aromatic carbocycles. The molecule has 1 amide bonds. The third-order valence-electron chi connectivity index (χ3n) is 4.68. The van der Waals surface area contributed by atoms with Crippen molar-refractivity contribution in [2.24, 2.45) is 5.92 Å². The molecule has 0 radical (unpaired) electrons. The molecule has 0 spiro atoms. The third kappa shape index (κ3) is 4.72. The third-order valence-corrected chi connectivity index (χ3v) is 5.37. The van der Waals surface area contributed by atoms with Crippen LogP contribution in [-0.4, -0.2) is 25.1 Å². The fourth-order valence-corrected chi connectivity index (χ4v) is 3.73. The zero-order valence-electron chi connectivity index (χ0n) is 17.7. The monoisotopic (exact) mass is 495 g/mol. The van der Waals surface area contributed by atoms with E-state index < -0.39 is 0 Å². The number of carbonyl (C=O) groups is 1. The summed E-state index contributed by atoms with van der Waals surface area (Å²) < 4.78 is 9.80. The van der Waals surface area contributed by atoms with E-state index in [0.717, 1.165) is 0 Å². The Kier molecular flexibility index (Phi) is 6.36. The normalized spacial score (nSPS) is 11.1. The Balaban J connectivity index is 1.52. The molecular weight excluding hydrogens is 474 g/mol. The molecular formula is C23H22BrN5O3. The summed E-state index contributed by atoms with van der Waals surface area (Å²) in [6, 6.07) is 15.7. The van der Waals surface area contributed by atoms with E-state index in [0.29, 0.717) is 45.4 Å². The molecule has 32 heavy (non-hydrogen) atoms. The van der Waals surface area contributed by atoms with Gasteiger partial charge in [0.2, 0.25) is 0 Å². The van der Waals surface area contributed by atoms with E-state index in [4.69, 9.17) is 4.74 Å². The molecule has 0 aliphatic heterocycles. The van der Waals surface area contributed by atoms with Crippen LogP contribution in [0.4, 0.5) is 5.69 Å². The summed E-state index contributed by atoms with van der Waals surface area (Å²) in [5.41, 5.74) is 1.27. The molecule has 9 heteroatoms. The second-order valence-electron chi connectivity index (χ2n) is 7.68. The number of carbonyl (C=O) groups excluding carboxylic acids is 1. The van der Waals surface area contributed by atoms with Crippen LogP contribution >= 0.6 is 15.9 Å². The van der Waals surface area contributed by atoms with Gasteiger partial charge in [0, 0.05) is 17.1 Å². The van der Waals surface area contributed by atoms with Gasteiger partial charge in [0.15, 0.2) is 0 Å². The van der Waals surface area contributed by atoms with Crippen LogP contribution in [0.1, 0.15) is 29.9 Å². The molecule has 4 rings (SSSR count). The maximum Gasteiger partial charge on any atom is 0.274 e. The van der Waals surface area contributed by atoms with Crippen molar-refractivity contribution in [1.29, 1.82) is 0 Å². The van der Waals surface area contributed by atoms with E-state index in [1.165, 1.54) is 10.6 Å². The standard InChI is InChI=1S/C23H22BrN5O3/c1-15(2)12-28-14-25-23-26-16(11-21(30)29(23)28)13-32-20-10-6-5-9-19(20)27-22(31)17-7-3-4-8-18(17)24/h3-11,14-15H,12-13H2,1-2H3,(H,27,31). The summed E-state index contributed by atoms with van der Waals surface area (Å²) in [7, 11) is 0. The fourth-order valence-electron chi connectivity index (χ4n) is 3.26. The number of amides is 1. The van der Waals surface area contributed by atoms with Gasteiger partial charge in [0.05, 0.1) is 16.9 Å². The Morgan fingerprint density at radius 1 is 1.16 bits per heavy atom. The number of nitrogens with one attached hydrogen (secondary N) is 1. The minimum absolute atomic E-state index is 0.0602. The molecule has 164 valence electrons. The number of para-hydroxylation sites is 2. The Morgan fingerprint density at radius 2 is 1.91 bits per heavy atom. The van der Waals surface area contributed by atoms with Gasteiger partial charge in [0.1, 0.15) is 18.7 Å². The Bertz CT molecular complexity index is 1330. The highest BCUT2D eigenvalue weighted by molar-refractivity contribution is 9.10. The van der Waals surface area contributed by atoms with Crippen LogP contribution in [0.3, 0.4) is 0 Å². The number of fused-ring (bicyclic) bond motifs is 1. The van der Waals surface area contributed by atoms with Crippen LogP contribution in [0.25, 0.3) is 5.78 Å². The molecule has 0 atom stereocenters. The molecule has 0 aliphatic carbocycles. The highest BCUT2D eigenvalue weighted by Crippen LogP contribution is 2.26. The summed E-state index contributed by atoms with van der Waals surface area (Å²) in [5, 5.41) is 2.87. The van der Waals surface area contributed by atoms with Crippen LogP contribution in [0.15, 0.2) is 70.2 Å². The van der Waals surface area contributed by atoms with Gasteiger partial charge >= 0.3 is 0 Å². The van der Waals surface area contributed by atoms with Crippen LogP contribution in [0, 0.1) is 5.92 Å².